The molecule has 0 saturated carbocycles. The van der Waals surface area contributed by atoms with Crippen molar-refractivity contribution in [2.24, 2.45) is 0 Å². The normalized spacial score (nSPS) is 12.3. The van der Waals surface area contributed by atoms with Crippen molar-refractivity contribution >= 4 is 39.3 Å². The first-order valence-corrected chi connectivity index (χ1v) is 11.5. The zero-order chi connectivity index (χ0) is 24.0. The molecule has 1 atom stereocenters. The Kier molecular flexibility index (Phi) is 8.20. The summed E-state index contributed by atoms with van der Waals surface area (Å²) >= 11 is 4.49. The topological polar surface area (TPSA) is 69.0 Å². The van der Waals surface area contributed by atoms with E-state index in [0.717, 1.165) is 28.4 Å². The molecule has 0 fully saturated rings. The fraction of sp³-hybridized carbons (Fsp3) is 0.227. The van der Waals surface area contributed by atoms with Gasteiger partial charge in [0, 0.05) is 16.7 Å². The van der Waals surface area contributed by atoms with Crippen LogP contribution in [0.15, 0.2) is 70.8 Å². The maximum Gasteiger partial charge on any atom is 0.416 e. The summed E-state index contributed by atoms with van der Waals surface area (Å²) in [5.74, 6) is 0.688. The van der Waals surface area contributed by atoms with E-state index in [2.05, 4.69) is 38.0 Å². The number of nitrogens with one attached hydrogen (secondary N) is 1. The number of ether oxygens (including phenoxy) is 1. The van der Waals surface area contributed by atoms with E-state index in [0.29, 0.717) is 23.3 Å². The molecule has 1 unspecified atom stereocenters. The highest BCUT2D eigenvalue weighted by atomic mass is 79.9. The van der Waals surface area contributed by atoms with Crippen LogP contribution in [0.2, 0.25) is 0 Å². The van der Waals surface area contributed by atoms with E-state index < -0.39 is 23.8 Å². The van der Waals surface area contributed by atoms with E-state index in [1.54, 1.807) is 10.6 Å². The van der Waals surface area contributed by atoms with Crippen LogP contribution in [0.5, 0.6) is 5.75 Å². The molecule has 0 aliphatic carbocycles. The largest absolute Gasteiger partial charge is 0.483 e. The number of anilines is 1. The van der Waals surface area contributed by atoms with E-state index >= 15 is 0 Å². The van der Waals surface area contributed by atoms with E-state index in [1.165, 1.54) is 12.1 Å². The zero-order valence-electron chi connectivity index (χ0n) is 17.5. The lowest BCUT2D eigenvalue weighted by Crippen LogP contribution is -2.16. The second-order valence-electron chi connectivity index (χ2n) is 6.87. The highest BCUT2D eigenvalue weighted by Crippen LogP contribution is 2.31. The summed E-state index contributed by atoms with van der Waals surface area (Å²) < 4.78 is 47.2. The lowest BCUT2D eigenvalue weighted by atomic mass is 10.2. The molecule has 0 aliphatic rings. The van der Waals surface area contributed by atoms with Crippen LogP contribution in [-0.4, -0.2) is 26.4 Å². The van der Waals surface area contributed by atoms with Crippen molar-refractivity contribution in [3.8, 4) is 5.75 Å². The number of carbonyl (C=O) groups is 1. The molecule has 6 nitrogen and oxygen atoms in total. The standard InChI is InChI=1S/C22H20BrF3N4O2S/c1-3-11-30-20(14(2)32-18-9-7-16(23)8-10-18)28-29-21(30)33-13-19(31)27-17-6-4-5-15(12-17)22(24,25)26/h3-10,12,14H,1,11,13H2,2H3,(H,27,31). The third kappa shape index (κ3) is 6.84. The van der Waals surface area contributed by atoms with Crippen LogP contribution in [0.25, 0.3) is 0 Å². The van der Waals surface area contributed by atoms with E-state index in [1.807, 2.05) is 31.2 Å². The second kappa shape index (κ2) is 10.9. The summed E-state index contributed by atoms with van der Waals surface area (Å²) in [6.07, 6.45) is -3.24. The predicted molar refractivity (Wildman–Crippen MR) is 124 cm³/mol. The average molecular weight is 541 g/mol. The Hall–Kier alpha value is -2.79. The van der Waals surface area contributed by atoms with Gasteiger partial charge in [0.1, 0.15) is 5.75 Å². The molecule has 33 heavy (non-hydrogen) atoms. The number of carbonyl (C=O) groups excluding carboxylic acids is 1. The summed E-state index contributed by atoms with van der Waals surface area (Å²) in [5, 5.41) is 11.3. The van der Waals surface area contributed by atoms with Gasteiger partial charge in [-0.05, 0) is 49.4 Å². The van der Waals surface area contributed by atoms with E-state index in [9.17, 15) is 18.0 Å². The minimum Gasteiger partial charge on any atom is -0.483 e. The predicted octanol–water partition coefficient (Wildman–Crippen LogP) is 6.12. The van der Waals surface area contributed by atoms with Gasteiger partial charge in [0.15, 0.2) is 17.1 Å². The number of halogens is 4. The van der Waals surface area contributed by atoms with Gasteiger partial charge in [-0.2, -0.15) is 13.2 Å². The van der Waals surface area contributed by atoms with Crippen LogP contribution in [-0.2, 0) is 17.5 Å². The SMILES string of the molecule is C=CCn1c(SCC(=O)Nc2cccc(C(F)(F)F)c2)nnc1C(C)Oc1ccc(Br)cc1. The molecular formula is C22H20BrF3N4O2S. The highest BCUT2D eigenvalue weighted by Gasteiger charge is 2.30. The van der Waals surface area contributed by atoms with Crippen molar-refractivity contribution in [3.05, 3.63) is 77.0 Å². The van der Waals surface area contributed by atoms with Crippen LogP contribution in [0, 0.1) is 0 Å². The van der Waals surface area contributed by atoms with Gasteiger partial charge >= 0.3 is 6.18 Å². The maximum absolute atomic E-state index is 12.9. The number of allylic oxidation sites excluding steroid dienone is 1. The highest BCUT2D eigenvalue weighted by molar-refractivity contribution is 9.10. The number of aromatic nitrogens is 3. The molecule has 2 aromatic carbocycles. The molecule has 0 saturated heterocycles. The number of rotatable bonds is 9. The zero-order valence-corrected chi connectivity index (χ0v) is 19.9. The Labute approximate surface area is 201 Å². The van der Waals surface area contributed by atoms with Crippen molar-refractivity contribution in [1.82, 2.24) is 14.8 Å². The Morgan fingerprint density at radius 1 is 1.27 bits per heavy atom. The number of amides is 1. The van der Waals surface area contributed by atoms with E-state index in [4.69, 9.17) is 4.74 Å². The summed E-state index contributed by atoms with van der Waals surface area (Å²) in [4.78, 5) is 12.3. The molecular weight excluding hydrogens is 521 g/mol. The lowest BCUT2D eigenvalue weighted by molar-refractivity contribution is -0.137. The lowest BCUT2D eigenvalue weighted by Gasteiger charge is -2.15. The number of benzene rings is 2. The minimum atomic E-state index is -4.48. The summed E-state index contributed by atoms with van der Waals surface area (Å²) in [5.41, 5.74) is -0.761. The maximum atomic E-state index is 12.9. The van der Waals surface area contributed by atoms with Crippen LogP contribution in [0.3, 0.4) is 0 Å². The van der Waals surface area contributed by atoms with Crippen LogP contribution < -0.4 is 10.1 Å². The molecule has 0 spiro atoms. The third-order valence-electron chi connectivity index (χ3n) is 4.35. The Morgan fingerprint density at radius 2 is 2.00 bits per heavy atom. The van der Waals surface area contributed by atoms with Gasteiger partial charge in [-0.3, -0.25) is 9.36 Å². The fourth-order valence-corrected chi connectivity index (χ4v) is 3.90. The molecule has 11 heteroatoms. The molecule has 3 rings (SSSR count). The van der Waals surface area contributed by atoms with Gasteiger partial charge < -0.3 is 10.1 Å². The van der Waals surface area contributed by atoms with Crippen molar-refractivity contribution in [1.29, 1.82) is 0 Å². The summed E-state index contributed by atoms with van der Waals surface area (Å²) in [6.45, 7) is 5.98. The monoisotopic (exact) mass is 540 g/mol. The minimum absolute atomic E-state index is 0.0620. The van der Waals surface area contributed by atoms with Gasteiger partial charge in [0.25, 0.3) is 0 Å². The average Bonchev–Trinajstić information content (AvgIpc) is 3.16. The molecule has 0 bridgehead atoms. The van der Waals surface area contributed by atoms with Gasteiger partial charge in [0.05, 0.1) is 11.3 Å². The van der Waals surface area contributed by atoms with Gasteiger partial charge in [-0.1, -0.05) is 39.8 Å². The molecule has 1 aromatic heterocycles. The molecule has 1 amide bonds. The first-order chi connectivity index (χ1) is 15.7. The van der Waals surface area contributed by atoms with Gasteiger partial charge in [-0.15, -0.1) is 16.8 Å². The molecule has 0 aliphatic heterocycles. The molecule has 3 aromatic rings. The van der Waals surface area contributed by atoms with Crippen molar-refractivity contribution in [2.45, 2.75) is 30.9 Å². The van der Waals surface area contributed by atoms with Gasteiger partial charge in [0.2, 0.25) is 5.91 Å². The molecule has 0 radical (unpaired) electrons. The van der Waals surface area contributed by atoms with Gasteiger partial charge in [-0.25, -0.2) is 0 Å². The first kappa shape index (κ1) is 24.8. The Bertz CT molecular complexity index is 1120. The number of hydrogen-bond acceptors (Lipinski definition) is 5. The number of thioether (sulfide) groups is 1. The number of hydrogen-bond donors (Lipinski definition) is 1. The first-order valence-electron chi connectivity index (χ1n) is 9.73. The number of alkyl halides is 3. The van der Waals surface area contributed by atoms with Crippen LogP contribution in [0.4, 0.5) is 18.9 Å². The van der Waals surface area contributed by atoms with E-state index in [-0.39, 0.29) is 11.4 Å². The van der Waals surface area contributed by atoms with Crippen molar-refractivity contribution < 1.29 is 22.7 Å². The smallest absolute Gasteiger partial charge is 0.416 e. The Balaban J connectivity index is 1.66. The van der Waals surface area contributed by atoms with Crippen LogP contribution >= 0.6 is 27.7 Å². The Morgan fingerprint density at radius 3 is 2.67 bits per heavy atom. The van der Waals surface area contributed by atoms with Crippen molar-refractivity contribution in [2.75, 3.05) is 11.1 Å². The van der Waals surface area contributed by atoms with Crippen LogP contribution in [0.1, 0.15) is 24.4 Å². The molecule has 1 N–H and O–H groups in total. The fourth-order valence-electron chi connectivity index (χ4n) is 2.88. The molecule has 1 heterocycles. The number of nitrogens with zero attached hydrogens (tertiary/aromatic N) is 3. The second-order valence-corrected chi connectivity index (χ2v) is 8.73. The molecule has 174 valence electrons. The third-order valence-corrected chi connectivity index (χ3v) is 5.85. The summed E-state index contributed by atoms with van der Waals surface area (Å²) in [7, 11) is 0. The van der Waals surface area contributed by atoms with Crippen molar-refractivity contribution in [3.63, 3.8) is 0 Å². The quantitative estimate of drug-likeness (QED) is 0.261. The summed E-state index contributed by atoms with van der Waals surface area (Å²) in [6, 6.07) is 11.8.